The third-order valence-electron chi connectivity index (χ3n) is 16.4. The number of para-hydroxylation sites is 6. The van der Waals surface area contributed by atoms with Crippen LogP contribution in [-0.4, -0.2) is 23.0 Å². The second-order valence-electron chi connectivity index (χ2n) is 21.5. The molecule has 6 heteroatoms. The van der Waals surface area contributed by atoms with E-state index in [1.165, 1.54) is 98.8 Å². The quantitative estimate of drug-likeness (QED) is 0.100. The van der Waals surface area contributed by atoms with E-state index in [0.717, 1.165) is 34.1 Å². The Morgan fingerprint density at radius 1 is 0.250 bits per heavy atom. The van der Waals surface area contributed by atoms with Crippen molar-refractivity contribution in [3.8, 4) is 33.6 Å². The summed E-state index contributed by atoms with van der Waals surface area (Å²) in [6.45, 7) is 0. The summed E-state index contributed by atoms with van der Waals surface area (Å²) >= 11 is 0. The van der Waals surface area contributed by atoms with Crippen molar-refractivity contribution in [1.82, 2.24) is 9.13 Å². The van der Waals surface area contributed by atoms with Gasteiger partial charge in [0.15, 0.2) is 0 Å². The number of anilines is 6. The fraction of sp³-hybridized carbons (Fsp3) is 0.0244. The van der Waals surface area contributed by atoms with Crippen LogP contribution in [0.4, 0.5) is 34.1 Å². The number of fused-ring (bicyclic) bond motifs is 8. The van der Waals surface area contributed by atoms with Crippen molar-refractivity contribution in [3.05, 3.63) is 340 Å². The number of nitrogens with zero attached hydrogens (tertiary/aromatic N) is 4. The Morgan fingerprint density at radius 2 is 0.489 bits per heavy atom. The molecule has 4 nitrogen and oxygen atoms in total. The molecule has 0 saturated carbocycles. The maximum atomic E-state index is 4.81. The molecule has 16 rings (SSSR count). The summed E-state index contributed by atoms with van der Waals surface area (Å²) in [7, 11) is 7.17. The van der Waals surface area contributed by atoms with E-state index in [1.54, 1.807) is 0 Å². The van der Waals surface area contributed by atoms with Crippen molar-refractivity contribution in [1.29, 1.82) is 0 Å². The van der Waals surface area contributed by atoms with E-state index < -0.39 is 0 Å². The molecule has 0 fully saturated rings. The monoisotopic (exact) mass is 1150 g/mol. The molecule has 0 amide bonds. The zero-order valence-electron chi connectivity index (χ0n) is 48.0. The minimum absolute atomic E-state index is 0. The number of benzene rings is 14. The van der Waals surface area contributed by atoms with Crippen LogP contribution in [0.3, 0.4) is 0 Å². The standard InChI is InChI=1S/C44H32N2.C36H24N2.CH4BP.CH4/c1-3-17-37(18-4-1)45(43-23-11-15-35-13-7-9-21-41(35)43)39-29-25-33(26-30-39)34-27-31-40(32-28-34)46(38-19-5-2-6-20-38)44-24-12-16-36-14-8-10-22-42(36)44;1-5-13-33-29(9-1)30-10-2-6-14-34(30)37(33)27-21-17-25(18-22-27)26-19-23-28(24-20-26)38-35-15-7-3-11-31(35)32-12-4-8-16-36(32)38;2-1-3;/h1-32H;1-24H;1,3H2;1H4. The summed E-state index contributed by atoms with van der Waals surface area (Å²) in [6.07, 6.45) is 0. The van der Waals surface area contributed by atoms with Crippen molar-refractivity contribution in [3.63, 3.8) is 0 Å². The van der Waals surface area contributed by atoms with Gasteiger partial charge in [0.25, 0.3) is 0 Å². The summed E-state index contributed by atoms with van der Waals surface area (Å²) < 4.78 is 4.72. The van der Waals surface area contributed by atoms with Crippen LogP contribution in [-0.2, 0) is 0 Å². The smallest absolute Gasteiger partial charge is 0.0709 e. The SMILES string of the molecule is C.[B]CP.c1ccc(N(c2ccc(-c3ccc(N(c4ccccc4)c4cccc5ccccc45)cc3)cc2)c2cccc3ccccc23)cc1.c1ccc2c(c1)c1ccccc1n2-c1ccc(-c2ccc(-n3c4ccccc4c4ccccc43)cc2)cc1. The molecule has 0 spiro atoms. The molecule has 0 aliphatic rings. The summed E-state index contributed by atoms with van der Waals surface area (Å²) in [6, 6.07) is 122. The van der Waals surface area contributed by atoms with E-state index in [1.807, 2.05) is 0 Å². The van der Waals surface area contributed by atoms with Crippen LogP contribution in [0.25, 0.3) is 98.8 Å². The first-order chi connectivity index (χ1) is 43.1. The molecule has 0 saturated heterocycles. The van der Waals surface area contributed by atoms with Gasteiger partial charge in [-0.25, -0.2) is 0 Å². The first kappa shape index (κ1) is 56.4. The normalized spacial score (nSPS) is 11.0. The molecular weight excluding hydrogens is 1080 g/mol. The highest BCUT2D eigenvalue weighted by molar-refractivity contribution is 7.19. The molecule has 0 aliphatic carbocycles. The lowest BCUT2D eigenvalue weighted by atomic mass is 10.0. The minimum Gasteiger partial charge on any atom is -0.310 e. The predicted octanol–water partition coefficient (Wildman–Crippen LogP) is 22.8. The van der Waals surface area contributed by atoms with Gasteiger partial charge in [-0.2, -0.15) is 0 Å². The van der Waals surface area contributed by atoms with Crippen LogP contribution in [0, 0.1) is 0 Å². The van der Waals surface area contributed by atoms with E-state index >= 15 is 0 Å². The molecule has 88 heavy (non-hydrogen) atoms. The number of rotatable bonds is 10. The summed E-state index contributed by atoms with van der Waals surface area (Å²) in [5, 5.41) is 10.0. The molecule has 2 heterocycles. The van der Waals surface area contributed by atoms with Gasteiger partial charge in [-0.1, -0.05) is 244 Å². The van der Waals surface area contributed by atoms with Crippen molar-refractivity contribution >= 4 is 116 Å². The maximum absolute atomic E-state index is 4.81. The second-order valence-corrected chi connectivity index (χ2v) is 22.0. The highest BCUT2D eigenvalue weighted by Gasteiger charge is 2.19. The van der Waals surface area contributed by atoms with E-state index in [0.29, 0.717) is 6.06 Å². The number of hydrogen-bond acceptors (Lipinski definition) is 2. The molecule has 2 aromatic heterocycles. The van der Waals surface area contributed by atoms with Crippen LogP contribution in [0.2, 0.25) is 0 Å². The fourth-order valence-electron chi connectivity index (χ4n) is 12.4. The van der Waals surface area contributed by atoms with E-state index in [9.17, 15) is 0 Å². The van der Waals surface area contributed by atoms with Gasteiger partial charge in [-0.3, -0.25) is 0 Å². The lowest BCUT2D eigenvalue weighted by molar-refractivity contribution is 1.18. The average molecular weight is 1150 g/mol. The highest BCUT2D eigenvalue weighted by atomic mass is 31.0. The van der Waals surface area contributed by atoms with Gasteiger partial charge in [0.05, 0.1) is 41.3 Å². The van der Waals surface area contributed by atoms with Gasteiger partial charge >= 0.3 is 0 Å². The molecule has 14 aromatic carbocycles. The molecule has 0 bridgehead atoms. The Bertz CT molecular complexity index is 4580. The summed E-state index contributed by atoms with van der Waals surface area (Å²) in [5.74, 6) is 0. The Hall–Kier alpha value is -10.7. The Morgan fingerprint density at radius 3 is 0.807 bits per heavy atom. The Balaban J connectivity index is 0.000000156. The molecule has 1 unspecified atom stereocenters. The third kappa shape index (κ3) is 10.9. The molecule has 2 radical (unpaired) electrons. The van der Waals surface area contributed by atoms with Gasteiger partial charge in [-0.05, 0) is 142 Å². The van der Waals surface area contributed by atoms with Gasteiger partial charge in [0.2, 0.25) is 0 Å². The predicted molar refractivity (Wildman–Crippen MR) is 384 cm³/mol. The lowest BCUT2D eigenvalue weighted by Gasteiger charge is -2.27. The molecule has 0 aliphatic heterocycles. The van der Waals surface area contributed by atoms with Gasteiger partial charge in [0.1, 0.15) is 0 Å². The fourth-order valence-corrected chi connectivity index (χ4v) is 12.4. The molecular formula is C82H64BN4P. The molecule has 420 valence electrons. The minimum atomic E-state index is 0. The molecule has 16 aromatic rings. The van der Waals surface area contributed by atoms with Crippen molar-refractivity contribution < 1.29 is 0 Å². The largest absolute Gasteiger partial charge is 0.310 e. The van der Waals surface area contributed by atoms with Crippen LogP contribution >= 0.6 is 9.24 Å². The maximum Gasteiger partial charge on any atom is 0.0709 e. The van der Waals surface area contributed by atoms with Gasteiger partial charge in [0, 0.05) is 66.4 Å². The molecule has 0 N–H and O–H groups in total. The zero-order chi connectivity index (χ0) is 58.5. The van der Waals surface area contributed by atoms with Gasteiger partial charge < -0.3 is 18.9 Å². The first-order valence-electron chi connectivity index (χ1n) is 29.6. The number of hydrogen-bond donors (Lipinski definition) is 0. The van der Waals surface area contributed by atoms with Crippen LogP contribution in [0.15, 0.2) is 340 Å². The zero-order valence-corrected chi connectivity index (χ0v) is 49.1. The van der Waals surface area contributed by atoms with E-state index in [-0.39, 0.29) is 7.43 Å². The average Bonchev–Trinajstić information content (AvgIpc) is 1.77. The van der Waals surface area contributed by atoms with Crippen molar-refractivity contribution in [2.24, 2.45) is 0 Å². The Labute approximate surface area is 519 Å². The summed E-state index contributed by atoms with van der Waals surface area (Å²) in [5.41, 5.74) is 18.9. The van der Waals surface area contributed by atoms with Crippen LogP contribution in [0.5, 0.6) is 0 Å². The summed E-state index contributed by atoms with van der Waals surface area (Å²) in [4.78, 5) is 4.69. The highest BCUT2D eigenvalue weighted by Crippen LogP contribution is 2.42. The van der Waals surface area contributed by atoms with Crippen molar-refractivity contribution in [2.75, 3.05) is 15.9 Å². The Kier molecular flexibility index (Phi) is 16.3. The van der Waals surface area contributed by atoms with Crippen molar-refractivity contribution in [2.45, 2.75) is 7.43 Å². The second kappa shape index (κ2) is 25.5. The molecule has 1 atom stereocenters. The van der Waals surface area contributed by atoms with Crippen LogP contribution in [0.1, 0.15) is 7.43 Å². The first-order valence-corrected chi connectivity index (χ1v) is 30.4. The van der Waals surface area contributed by atoms with E-state index in [4.69, 9.17) is 7.85 Å². The lowest BCUT2D eigenvalue weighted by Crippen LogP contribution is -2.10. The third-order valence-corrected chi connectivity index (χ3v) is 16.4. The number of aromatic nitrogens is 2. The van der Waals surface area contributed by atoms with E-state index in [2.05, 4.69) is 368 Å². The van der Waals surface area contributed by atoms with Gasteiger partial charge in [-0.15, -0.1) is 9.24 Å². The topological polar surface area (TPSA) is 16.3 Å². The van der Waals surface area contributed by atoms with Crippen LogP contribution < -0.4 is 9.80 Å².